The zero-order valence-electron chi connectivity index (χ0n) is 19.7. The molecule has 1 heterocycles. The van der Waals surface area contributed by atoms with Gasteiger partial charge in [0.2, 0.25) is 0 Å². The predicted octanol–water partition coefficient (Wildman–Crippen LogP) is 5.46. The van der Waals surface area contributed by atoms with Crippen LogP contribution in [0.3, 0.4) is 0 Å². The molecule has 4 rings (SSSR count). The number of thioether (sulfide) groups is 1. The van der Waals surface area contributed by atoms with Gasteiger partial charge in [-0.3, -0.25) is 4.79 Å². The molecule has 1 amide bonds. The maximum absolute atomic E-state index is 13.3. The summed E-state index contributed by atoms with van der Waals surface area (Å²) in [6.07, 6.45) is 3.57. The van der Waals surface area contributed by atoms with Crippen molar-refractivity contribution in [2.75, 3.05) is 38.0 Å². The Hall–Kier alpha value is -3.84. The predicted molar refractivity (Wildman–Crippen MR) is 145 cm³/mol. The van der Waals surface area contributed by atoms with Crippen molar-refractivity contribution in [2.45, 2.75) is 0 Å². The summed E-state index contributed by atoms with van der Waals surface area (Å²) < 4.78 is 0. The summed E-state index contributed by atoms with van der Waals surface area (Å²) in [5.41, 5.74) is 4.82. The molecule has 0 saturated carbocycles. The van der Waals surface area contributed by atoms with Gasteiger partial charge in [-0.15, -0.1) is 0 Å². The Morgan fingerprint density at radius 2 is 1.32 bits per heavy atom. The average Bonchev–Trinajstić information content (AvgIpc) is 3.12. The van der Waals surface area contributed by atoms with Crippen LogP contribution in [-0.4, -0.2) is 50.5 Å². The summed E-state index contributed by atoms with van der Waals surface area (Å²) >= 11 is 1.33. The van der Waals surface area contributed by atoms with Crippen LogP contribution in [0.15, 0.2) is 93.9 Å². The van der Waals surface area contributed by atoms with E-state index in [0.29, 0.717) is 10.1 Å². The molecular formula is C27H27N5OS. The van der Waals surface area contributed by atoms with E-state index in [1.54, 1.807) is 6.21 Å². The fourth-order valence-corrected chi connectivity index (χ4v) is 4.19. The van der Waals surface area contributed by atoms with Gasteiger partial charge in [-0.05, 0) is 65.4 Å². The molecule has 0 bridgehead atoms. The third kappa shape index (κ3) is 5.55. The lowest BCUT2D eigenvalue weighted by Gasteiger charge is -2.12. The lowest BCUT2D eigenvalue weighted by Crippen LogP contribution is -2.23. The van der Waals surface area contributed by atoms with E-state index in [9.17, 15) is 4.79 Å². The summed E-state index contributed by atoms with van der Waals surface area (Å²) in [4.78, 5) is 22.6. The van der Waals surface area contributed by atoms with Crippen LogP contribution in [-0.2, 0) is 4.79 Å². The molecule has 172 valence electrons. The van der Waals surface area contributed by atoms with Crippen molar-refractivity contribution in [3.05, 3.63) is 94.9 Å². The van der Waals surface area contributed by atoms with Crippen LogP contribution in [0, 0.1) is 0 Å². The Morgan fingerprint density at radius 3 is 1.88 bits per heavy atom. The summed E-state index contributed by atoms with van der Waals surface area (Å²) in [6.45, 7) is 0. The maximum atomic E-state index is 13.3. The van der Waals surface area contributed by atoms with E-state index in [-0.39, 0.29) is 5.91 Å². The van der Waals surface area contributed by atoms with E-state index in [1.165, 1.54) is 16.8 Å². The van der Waals surface area contributed by atoms with Gasteiger partial charge >= 0.3 is 0 Å². The summed E-state index contributed by atoms with van der Waals surface area (Å²) in [5.74, 6) is -0.197. The fourth-order valence-electron chi connectivity index (χ4n) is 3.26. The summed E-state index contributed by atoms with van der Waals surface area (Å²) in [7, 11) is 8.00. The largest absolute Gasteiger partial charge is 0.378 e. The van der Waals surface area contributed by atoms with E-state index in [0.717, 1.165) is 28.2 Å². The van der Waals surface area contributed by atoms with Crippen molar-refractivity contribution < 1.29 is 4.79 Å². The molecule has 1 saturated heterocycles. The molecule has 7 heteroatoms. The van der Waals surface area contributed by atoms with E-state index in [2.05, 4.69) is 10.1 Å². The first-order valence-electron chi connectivity index (χ1n) is 10.9. The van der Waals surface area contributed by atoms with Crippen molar-refractivity contribution in [2.24, 2.45) is 10.1 Å². The van der Waals surface area contributed by atoms with Crippen LogP contribution < -0.4 is 9.80 Å². The number of carbonyl (C=O) groups excluding carboxylic acids is 1. The fraction of sp³-hybridized carbons (Fsp3) is 0.148. The highest BCUT2D eigenvalue weighted by molar-refractivity contribution is 8.18. The molecule has 0 unspecified atom stereocenters. The number of carbonyl (C=O) groups is 1. The molecule has 0 aromatic heterocycles. The second-order valence-corrected chi connectivity index (χ2v) is 9.18. The highest BCUT2D eigenvalue weighted by atomic mass is 32.2. The molecule has 1 aliphatic heterocycles. The van der Waals surface area contributed by atoms with Crippen molar-refractivity contribution in [1.29, 1.82) is 0 Å². The van der Waals surface area contributed by atoms with Gasteiger partial charge in [0.15, 0.2) is 5.17 Å². The molecule has 34 heavy (non-hydrogen) atoms. The number of aliphatic imine (C=N–C) groups is 1. The number of rotatable bonds is 6. The topological polar surface area (TPSA) is 51.5 Å². The van der Waals surface area contributed by atoms with Gasteiger partial charge in [0.25, 0.3) is 5.91 Å². The Bertz CT molecular complexity index is 1230. The van der Waals surface area contributed by atoms with Crippen LogP contribution in [0.4, 0.5) is 17.1 Å². The van der Waals surface area contributed by atoms with Crippen LogP contribution in [0.25, 0.3) is 6.08 Å². The zero-order valence-corrected chi connectivity index (χ0v) is 20.5. The number of nitrogens with zero attached hydrogens (tertiary/aromatic N) is 5. The molecule has 0 spiro atoms. The smallest absolute Gasteiger partial charge is 0.287 e. The van der Waals surface area contributed by atoms with Crippen molar-refractivity contribution in [3.63, 3.8) is 0 Å². The quantitative estimate of drug-likeness (QED) is 0.356. The number of anilines is 2. The van der Waals surface area contributed by atoms with Crippen LogP contribution >= 0.6 is 11.8 Å². The van der Waals surface area contributed by atoms with Gasteiger partial charge in [0, 0.05) is 39.6 Å². The Balaban J connectivity index is 1.64. The van der Waals surface area contributed by atoms with Gasteiger partial charge in [0.05, 0.1) is 16.8 Å². The van der Waals surface area contributed by atoms with Crippen molar-refractivity contribution in [1.82, 2.24) is 5.01 Å². The average molecular weight is 470 g/mol. The Labute approximate surface area is 204 Å². The lowest BCUT2D eigenvalue weighted by molar-refractivity contribution is -0.122. The minimum absolute atomic E-state index is 0.197. The van der Waals surface area contributed by atoms with Gasteiger partial charge in [0.1, 0.15) is 0 Å². The molecule has 3 aromatic carbocycles. The molecule has 1 aliphatic rings. The van der Waals surface area contributed by atoms with Gasteiger partial charge in [-0.25, -0.2) is 4.99 Å². The zero-order chi connectivity index (χ0) is 24.1. The van der Waals surface area contributed by atoms with Gasteiger partial charge in [-0.2, -0.15) is 10.1 Å². The number of amides is 1. The van der Waals surface area contributed by atoms with E-state index in [1.807, 2.05) is 123 Å². The molecule has 0 aliphatic carbocycles. The highest BCUT2D eigenvalue weighted by Crippen LogP contribution is 2.34. The first kappa shape index (κ1) is 23.3. The van der Waals surface area contributed by atoms with E-state index < -0.39 is 0 Å². The molecule has 0 N–H and O–H groups in total. The normalized spacial score (nSPS) is 16.1. The Kier molecular flexibility index (Phi) is 7.13. The van der Waals surface area contributed by atoms with Crippen molar-refractivity contribution in [3.8, 4) is 0 Å². The third-order valence-electron chi connectivity index (χ3n) is 5.21. The maximum Gasteiger partial charge on any atom is 0.287 e. The van der Waals surface area contributed by atoms with Gasteiger partial charge < -0.3 is 9.80 Å². The molecule has 1 fully saturated rings. The molecule has 0 radical (unpaired) electrons. The van der Waals surface area contributed by atoms with Gasteiger partial charge in [-0.1, -0.05) is 42.5 Å². The number of hydrogen-bond donors (Lipinski definition) is 0. The number of amidine groups is 1. The second-order valence-electron chi connectivity index (χ2n) is 8.17. The Morgan fingerprint density at radius 1 is 0.765 bits per heavy atom. The summed E-state index contributed by atoms with van der Waals surface area (Å²) in [5, 5.41) is 6.40. The van der Waals surface area contributed by atoms with Crippen LogP contribution in [0.5, 0.6) is 0 Å². The van der Waals surface area contributed by atoms with Crippen molar-refractivity contribution >= 4 is 52.2 Å². The monoisotopic (exact) mass is 469 g/mol. The lowest BCUT2D eigenvalue weighted by atomic mass is 10.2. The third-order valence-corrected chi connectivity index (χ3v) is 6.16. The highest BCUT2D eigenvalue weighted by Gasteiger charge is 2.33. The summed E-state index contributed by atoms with van der Waals surface area (Å²) in [6, 6.07) is 25.6. The molecule has 6 nitrogen and oxygen atoms in total. The number of benzene rings is 3. The first-order chi connectivity index (χ1) is 16.4. The van der Waals surface area contributed by atoms with E-state index in [4.69, 9.17) is 0 Å². The molecular weight excluding hydrogens is 442 g/mol. The minimum Gasteiger partial charge on any atom is -0.378 e. The van der Waals surface area contributed by atoms with Crippen LogP contribution in [0.1, 0.15) is 11.1 Å². The number of hydrazone groups is 1. The standard InChI is InChI=1S/C27H27N5OS/c1-30(2)23-14-10-20(11-15-23)18-25-26(33)32(27(34-25)29-22-8-6-5-7-9-22)28-19-21-12-16-24(17-13-21)31(3)4/h5-19H,1-4H3/b25-18-,28-19+,29-27?. The van der Waals surface area contributed by atoms with Crippen LogP contribution in [0.2, 0.25) is 0 Å². The second kappa shape index (κ2) is 10.4. The molecule has 0 atom stereocenters. The van der Waals surface area contributed by atoms with E-state index >= 15 is 0 Å². The molecule has 3 aromatic rings. The SMILES string of the molecule is CN(C)c1ccc(/C=C2\SC(=Nc3ccccc3)N(/N=C/c3ccc(N(C)C)cc3)C2=O)cc1. The minimum atomic E-state index is -0.197. The number of hydrogen-bond acceptors (Lipinski definition) is 6. The number of para-hydroxylation sites is 1. The first-order valence-corrected chi connectivity index (χ1v) is 11.7.